The average molecular weight is 375 g/mol. The smallest absolute Gasteiger partial charge is 0.267 e. The van der Waals surface area contributed by atoms with Gasteiger partial charge >= 0.3 is 6.55 Å². The zero-order valence-corrected chi connectivity index (χ0v) is 15.7. The van der Waals surface area contributed by atoms with E-state index in [1.54, 1.807) is 0 Å². The summed E-state index contributed by atoms with van der Waals surface area (Å²) in [6.45, 7) is 5.78. The second-order valence-corrected chi connectivity index (χ2v) is 7.83. The van der Waals surface area contributed by atoms with Gasteiger partial charge in [-0.2, -0.15) is 19.0 Å². The summed E-state index contributed by atoms with van der Waals surface area (Å²) in [4.78, 5) is -0.188. The highest BCUT2D eigenvalue weighted by atomic mass is 32.2. The maximum Gasteiger partial charge on any atom is 0.333 e. The topological polar surface area (TPSA) is 81.8 Å². The molecule has 7 nitrogen and oxygen atoms in total. The summed E-state index contributed by atoms with van der Waals surface area (Å²) in [5.74, 6) is 0. The van der Waals surface area contributed by atoms with Gasteiger partial charge in [-0.25, -0.2) is 17.8 Å². The third-order valence-electron chi connectivity index (χ3n) is 4.03. The first-order chi connectivity index (χ1) is 11.5. The van der Waals surface area contributed by atoms with Crippen LogP contribution >= 0.6 is 0 Å². The lowest BCUT2D eigenvalue weighted by molar-refractivity contribution is 0.0538. The molecule has 2 aromatic rings. The molecule has 2 aromatic heterocycles. The zero-order chi connectivity index (χ0) is 18.9. The van der Waals surface area contributed by atoms with Crippen LogP contribution in [0.1, 0.15) is 48.7 Å². The highest BCUT2D eigenvalue weighted by Gasteiger charge is 2.27. The Hall–Kier alpha value is -1.81. The van der Waals surface area contributed by atoms with Crippen molar-refractivity contribution in [3.8, 4) is 0 Å². The SMILES string of the molecule is Cc1cc(C)n([C@@H](C)CCNS(=O)(=O)c2c(C)nn(C(F)F)c2C)n1. The molecule has 0 unspecified atom stereocenters. The third kappa shape index (κ3) is 4.06. The highest BCUT2D eigenvalue weighted by Crippen LogP contribution is 2.23. The van der Waals surface area contributed by atoms with E-state index in [0.29, 0.717) is 11.1 Å². The number of nitrogens with zero attached hydrogens (tertiary/aromatic N) is 4. The summed E-state index contributed by atoms with van der Waals surface area (Å²) in [5, 5.41) is 7.99. The number of aryl methyl sites for hydroxylation is 3. The molecule has 0 spiro atoms. The van der Waals surface area contributed by atoms with Crippen molar-refractivity contribution in [2.45, 2.75) is 58.5 Å². The van der Waals surface area contributed by atoms with Gasteiger partial charge in [-0.1, -0.05) is 0 Å². The van der Waals surface area contributed by atoms with Gasteiger partial charge in [-0.05, 0) is 47.1 Å². The molecule has 1 N–H and O–H groups in total. The van der Waals surface area contributed by atoms with Gasteiger partial charge in [0.1, 0.15) is 4.90 Å². The van der Waals surface area contributed by atoms with Crippen LogP contribution < -0.4 is 4.72 Å². The van der Waals surface area contributed by atoms with Gasteiger partial charge in [0, 0.05) is 12.2 Å². The molecule has 2 heterocycles. The van der Waals surface area contributed by atoms with E-state index in [1.165, 1.54) is 13.8 Å². The van der Waals surface area contributed by atoms with Crippen LogP contribution in [0.3, 0.4) is 0 Å². The molecule has 0 aliphatic carbocycles. The second-order valence-electron chi connectivity index (χ2n) is 6.13. The van der Waals surface area contributed by atoms with Crippen molar-refractivity contribution < 1.29 is 17.2 Å². The molecule has 0 fully saturated rings. The fraction of sp³-hybridized carbons (Fsp3) is 0.600. The maximum absolute atomic E-state index is 12.9. The van der Waals surface area contributed by atoms with Crippen LogP contribution in [0.4, 0.5) is 8.78 Å². The average Bonchev–Trinajstić information content (AvgIpc) is 2.97. The van der Waals surface area contributed by atoms with Crippen molar-refractivity contribution in [3.05, 3.63) is 28.8 Å². The molecule has 0 amide bonds. The number of sulfonamides is 1. The molecular formula is C15H23F2N5O2S. The summed E-state index contributed by atoms with van der Waals surface area (Å²) in [6.07, 6.45) is 0.516. The quantitative estimate of drug-likeness (QED) is 0.807. The van der Waals surface area contributed by atoms with Crippen LogP contribution in [-0.4, -0.2) is 34.5 Å². The summed E-state index contributed by atoms with van der Waals surface area (Å²) in [5.41, 5.74) is 1.87. The third-order valence-corrected chi connectivity index (χ3v) is 5.74. The normalized spacial score (nSPS) is 13.6. The van der Waals surface area contributed by atoms with Gasteiger partial charge in [0.2, 0.25) is 10.0 Å². The molecule has 0 aliphatic heterocycles. The predicted octanol–water partition coefficient (Wildman–Crippen LogP) is 2.64. The summed E-state index contributed by atoms with van der Waals surface area (Å²) in [7, 11) is -3.91. The number of alkyl halides is 2. The number of aromatic nitrogens is 4. The molecule has 0 bridgehead atoms. The van der Waals surface area contributed by atoms with E-state index in [4.69, 9.17) is 0 Å². The van der Waals surface area contributed by atoms with Crippen LogP contribution in [0.15, 0.2) is 11.0 Å². The molecule has 2 rings (SSSR count). The lowest BCUT2D eigenvalue weighted by Gasteiger charge is -2.15. The van der Waals surface area contributed by atoms with Crippen molar-refractivity contribution in [3.63, 3.8) is 0 Å². The van der Waals surface area contributed by atoms with Crippen LogP contribution in [0.5, 0.6) is 0 Å². The number of hydrogen-bond donors (Lipinski definition) is 1. The Bertz CT molecular complexity index is 858. The van der Waals surface area contributed by atoms with Gasteiger partial charge in [-0.15, -0.1) is 0 Å². The Morgan fingerprint density at radius 1 is 1.16 bits per heavy atom. The molecule has 0 aliphatic rings. The van der Waals surface area contributed by atoms with Gasteiger partial charge in [-0.3, -0.25) is 4.68 Å². The Labute approximate surface area is 146 Å². The van der Waals surface area contributed by atoms with E-state index in [0.717, 1.165) is 11.4 Å². The minimum Gasteiger partial charge on any atom is -0.267 e. The van der Waals surface area contributed by atoms with Gasteiger partial charge < -0.3 is 0 Å². The van der Waals surface area contributed by atoms with E-state index in [1.807, 2.05) is 31.5 Å². The largest absolute Gasteiger partial charge is 0.333 e. The maximum atomic E-state index is 12.9. The first-order valence-electron chi connectivity index (χ1n) is 7.91. The van der Waals surface area contributed by atoms with Crippen LogP contribution in [0.2, 0.25) is 0 Å². The minimum absolute atomic E-state index is 0.00220. The molecule has 0 radical (unpaired) electrons. The van der Waals surface area contributed by atoms with Gasteiger partial charge in [0.15, 0.2) is 0 Å². The van der Waals surface area contributed by atoms with Crippen molar-refractivity contribution in [2.75, 3.05) is 6.54 Å². The minimum atomic E-state index is -3.91. The van der Waals surface area contributed by atoms with E-state index in [9.17, 15) is 17.2 Å². The van der Waals surface area contributed by atoms with Crippen LogP contribution in [-0.2, 0) is 10.0 Å². The fourth-order valence-electron chi connectivity index (χ4n) is 2.92. The van der Waals surface area contributed by atoms with Crippen molar-refractivity contribution in [2.24, 2.45) is 0 Å². The zero-order valence-electron chi connectivity index (χ0n) is 14.9. The lowest BCUT2D eigenvalue weighted by atomic mass is 10.2. The number of hydrogen-bond acceptors (Lipinski definition) is 4. The van der Waals surface area contributed by atoms with Crippen LogP contribution in [0, 0.1) is 27.7 Å². The Morgan fingerprint density at radius 3 is 2.28 bits per heavy atom. The summed E-state index contributed by atoms with van der Waals surface area (Å²) >= 11 is 0. The molecular weight excluding hydrogens is 352 g/mol. The van der Waals surface area contributed by atoms with Crippen molar-refractivity contribution in [1.29, 1.82) is 0 Å². The predicted molar refractivity (Wildman–Crippen MR) is 89.2 cm³/mol. The standard InChI is InChI=1S/C15H23F2N5O2S/c1-9-8-11(3)21(19-9)10(2)6-7-18-25(23,24)14-12(4)20-22(13(14)5)15(16)17/h8,10,15,18H,6-7H2,1-5H3/t10-/m0/s1. The number of rotatable bonds is 7. The lowest BCUT2D eigenvalue weighted by Crippen LogP contribution is -2.27. The van der Waals surface area contributed by atoms with Crippen LogP contribution in [0.25, 0.3) is 0 Å². The fourth-order valence-corrected chi connectivity index (χ4v) is 4.36. The van der Waals surface area contributed by atoms with Gasteiger partial charge in [0.05, 0.1) is 23.1 Å². The summed E-state index contributed by atoms with van der Waals surface area (Å²) in [6, 6.07) is 1.95. The van der Waals surface area contributed by atoms with E-state index < -0.39 is 16.6 Å². The molecule has 10 heteroatoms. The highest BCUT2D eigenvalue weighted by molar-refractivity contribution is 7.89. The monoisotopic (exact) mass is 375 g/mol. The number of nitrogens with one attached hydrogen (secondary N) is 1. The summed E-state index contributed by atoms with van der Waals surface area (Å²) < 4.78 is 55.4. The Balaban J connectivity index is 2.09. The Kier molecular flexibility index (Phi) is 5.62. The van der Waals surface area contributed by atoms with Gasteiger partial charge in [0.25, 0.3) is 0 Å². The molecule has 0 aromatic carbocycles. The van der Waals surface area contributed by atoms with E-state index in [-0.39, 0.29) is 28.9 Å². The molecule has 1 atom stereocenters. The number of halogens is 2. The first-order valence-corrected chi connectivity index (χ1v) is 9.39. The molecule has 25 heavy (non-hydrogen) atoms. The molecule has 140 valence electrons. The molecule has 0 saturated carbocycles. The first kappa shape index (κ1) is 19.5. The molecule has 0 saturated heterocycles. The van der Waals surface area contributed by atoms with Crippen molar-refractivity contribution in [1.82, 2.24) is 24.3 Å². The Morgan fingerprint density at radius 2 is 1.80 bits per heavy atom. The second kappa shape index (κ2) is 7.20. The van der Waals surface area contributed by atoms with E-state index >= 15 is 0 Å². The van der Waals surface area contributed by atoms with Crippen molar-refractivity contribution >= 4 is 10.0 Å². The van der Waals surface area contributed by atoms with E-state index in [2.05, 4.69) is 14.9 Å².